The third-order valence-corrected chi connectivity index (χ3v) is 4.55. The van der Waals surface area contributed by atoms with Gasteiger partial charge in [-0.05, 0) is 41.8 Å². The summed E-state index contributed by atoms with van der Waals surface area (Å²) in [6, 6.07) is 11.9. The Labute approximate surface area is 146 Å². The molecule has 1 aromatic carbocycles. The number of pyridine rings is 1. The van der Waals surface area contributed by atoms with Gasteiger partial charge in [0.15, 0.2) is 0 Å². The number of aromatic amines is 1. The molecule has 2 aromatic heterocycles. The van der Waals surface area contributed by atoms with Crippen LogP contribution in [0, 0.1) is 0 Å². The molecule has 5 nitrogen and oxygen atoms in total. The predicted octanol–water partition coefficient (Wildman–Crippen LogP) is 4.02. The van der Waals surface area contributed by atoms with Crippen molar-refractivity contribution < 1.29 is 9.53 Å². The molecular weight excluding hydrogens is 348 g/mol. The maximum Gasteiger partial charge on any atom is 0.261 e. The molecule has 0 aliphatic carbocycles. The topological polar surface area (TPSA) is 71.2 Å². The fourth-order valence-corrected chi connectivity index (χ4v) is 3.14. The highest BCUT2D eigenvalue weighted by Crippen LogP contribution is 2.27. The van der Waals surface area contributed by atoms with Gasteiger partial charge in [0.1, 0.15) is 11.3 Å². The van der Waals surface area contributed by atoms with Crippen LogP contribution in [0.2, 0.25) is 5.02 Å². The second kappa shape index (κ2) is 6.90. The summed E-state index contributed by atoms with van der Waals surface area (Å²) in [6.45, 7) is 0. The number of H-pyrrole nitrogens is 1. The van der Waals surface area contributed by atoms with E-state index in [-0.39, 0.29) is 5.56 Å². The van der Waals surface area contributed by atoms with Crippen LogP contribution in [0.25, 0.3) is 10.6 Å². The number of halogens is 1. The van der Waals surface area contributed by atoms with Crippen LogP contribution >= 0.6 is 22.9 Å². The van der Waals surface area contributed by atoms with E-state index in [4.69, 9.17) is 16.3 Å². The number of rotatable bonds is 4. The van der Waals surface area contributed by atoms with Crippen molar-refractivity contribution in [2.75, 3.05) is 12.4 Å². The van der Waals surface area contributed by atoms with Crippen molar-refractivity contribution >= 4 is 34.5 Å². The van der Waals surface area contributed by atoms with Crippen molar-refractivity contribution in [2.45, 2.75) is 0 Å². The van der Waals surface area contributed by atoms with E-state index in [1.54, 1.807) is 24.3 Å². The van der Waals surface area contributed by atoms with E-state index in [1.165, 1.54) is 24.5 Å². The lowest BCUT2D eigenvalue weighted by molar-refractivity contribution is 0.102. The molecule has 122 valence electrons. The van der Waals surface area contributed by atoms with Gasteiger partial charge in [0.2, 0.25) is 0 Å². The lowest BCUT2D eigenvalue weighted by Crippen LogP contribution is -2.23. The number of methoxy groups -OCH3 is 1. The molecule has 7 heteroatoms. The maximum atomic E-state index is 12.3. The first-order valence-electron chi connectivity index (χ1n) is 7.00. The minimum absolute atomic E-state index is 0.0299. The molecule has 0 fully saturated rings. The molecule has 0 saturated carbocycles. The van der Waals surface area contributed by atoms with Crippen molar-refractivity contribution in [3.63, 3.8) is 0 Å². The first kappa shape index (κ1) is 16.3. The highest BCUT2D eigenvalue weighted by molar-refractivity contribution is 7.13. The summed E-state index contributed by atoms with van der Waals surface area (Å²) in [5, 5.41) is 4.94. The summed E-state index contributed by atoms with van der Waals surface area (Å²) < 4.78 is 5.06. The van der Waals surface area contributed by atoms with E-state index in [1.807, 2.05) is 17.5 Å². The van der Waals surface area contributed by atoms with E-state index >= 15 is 0 Å². The van der Waals surface area contributed by atoms with Gasteiger partial charge in [0.05, 0.1) is 22.7 Å². The molecule has 0 bridgehead atoms. The number of amides is 1. The number of carbonyl (C=O) groups is 1. The molecular formula is C17H13ClN2O3S. The van der Waals surface area contributed by atoms with E-state index < -0.39 is 11.5 Å². The molecule has 3 aromatic rings. The minimum Gasteiger partial charge on any atom is -0.495 e. The molecule has 24 heavy (non-hydrogen) atoms. The van der Waals surface area contributed by atoms with Crippen molar-refractivity contribution in [1.29, 1.82) is 0 Å². The van der Waals surface area contributed by atoms with Gasteiger partial charge in [-0.2, -0.15) is 0 Å². The third-order valence-electron chi connectivity index (χ3n) is 3.35. The number of ether oxygens (including phenoxy) is 1. The monoisotopic (exact) mass is 360 g/mol. The summed E-state index contributed by atoms with van der Waals surface area (Å²) in [7, 11) is 1.51. The molecule has 2 N–H and O–H groups in total. The Hall–Kier alpha value is -2.57. The molecule has 0 spiro atoms. The highest BCUT2D eigenvalue weighted by atomic mass is 35.5. The van der Waals surface area contributed by atoms with Crippen LogP contribution in [0.3, 0.4) is 0 Å². The van der Waals surface area contributed by atoms with Gasteiger partial charge in [-0.15, -0.1) is 11.3 Å². The number of nitrogens with one attached hydrogen (secondary N) is 2. The highest BCUT2D eigenvalue weighted by Gasteiger charge is 2.13. The van der Waals surface area contributed by atoms with Gasteiger partial charge in [-0.3, -0.25) is 9.59 Å². The standard InChI is InChI=1S/C17H13ClN2O3S/c1-23-14-7-4-10(9-12(14)18)19-16(21)11-5-6-13(20-17(11)22)15-3-2-8-24-15/h2-9H,1H3,(H,19,21)(H,20,22). The molecule has 1 amide bonds. The van der Waals surface area contributed by atoms with E-state index in [2.05, 4.69) is 10.3 Å². The maximum absolute atomic E-state index is 12.3. The molecule has 0 radical (unpaired) electrons. The number of aromatic nitrogens is 1. The number of carbonyl (C=O) groups excluding carboxylic acids is 1. The summed E-state index contributed by atoms with van der Waals surface area (Å²) >= 11 is 7.53. The second-order valence-electron chi connectivity index (χ2n) is 4.90. The molecule has 0 saturated heterocycles. The van der Waals surface area contributed by atoms with Gasteiger partial charge in [-0.1, -0.05) is 17.7 Å². The van der Waals surface area contributed by atoms with Crippen molar-refractivity contribution in [3.8, 4) is 16.3 Å². The van der Waals surface area contributed by atoms with Crippen LogP contribution in [-0.4, -0.2) is 18.0 Å². The molecule has 0 atom stereocenters. The number of anilines is 1. The van der Waals surface area contributed by atoms with Crippen LogP contribution in [0.4, 0.5) is 5.69 Å². The molecule has 0 unspecified atom stereocenters. The molecule has 2 heterocycles. The van der Waals surface area contributed by atoms with E-state index in [0.29, 0.717) is 22.2 Å². The Bertz CT molecular complexity index is 935. The average Bonchev–Trinajstić information content (AvgIpc) is 3.09. The Morgan fingerprint density at radius 2 is 2.08 bits per heavy atom. The Kier molecular flexibility index (Phi) is 4.69. The van der Waals surface area contributed by atoms with Crippen LogP contribution in [-0.2, 0) is 0 Å². The fraction of sp³-hybridized carbons (Fsp3) is 0.0588. The first-order chi connectivity index (χ1) is 11.6. The Balaban J connectivity index is 1.83. The van der Waals surface area contributed by atoms with E-state index in [0.717, 1.165) is 4.88 Å². The quantitative estimate of drug-likeness (QED) is 0.738. The normalized spacial score (nSPS) is 10.4. The Morgan fingerprint density at radius 3 is 2.71 bits per heavy atom. The first-order valence-corrected chi connectivity index (χ1v) is 8.26. The van der Waals surface area contributed by atoms with E-state index in [9.17, 15) is 9.59 Å². The summed E-state index contributed by atoms with van der Waals surface area (Å²) in [4.78, 5) is 28.1. The van der Waals surface area contributed by atoms with Crippen molar-refractivity contribution in [1.82, 2.24) is 4.98 Å². The van der Waals surface area contributed by atoms with Crippen molar-refractivity contribution in [3.05, 3.63) is 68.8 Å². The summed E-state index contributed by atoms with van der Waals surface area (Å²) in [6.07, 6.45) is 0. The number of thiophene rings is 1. The van der Waals surface area contributed by atoms with Crippen LogP contribution in [0.1, 0.15) is 10.4 Å². The number of hydrogen-bond acceptors (Lipinski definition) is 4. The fourth-order valence-electron chi connectivity index (χ4n) is 2.17. The van der Waals surface area contributed by atoms with Gasteiger partial charge >= 0.3 is 0 Å². The largest absolute Gasteiger partial charge is 0.495 e. The minimum atomic E-state index is -0.504. The number of benzene rings is 1. The van der Waals surface area contributed by atoms with Gasteiger partial charge in [0, 0.05) is 5.69 Å². The van der Waals surface area contributed by atoms with Gasteiger partial charge in [-0.25, -0.2) is 0 Å². The zero-order valence-corrected chi connectivity index (χ0v) is 14.2. The zero-order valence-electron chi connectivity index (χ0n) is 12.6. The molecule has 3 rings (SSSR count). The van der Waals surface area contributed by atoms with Crippen LogP contribution in [0.15, 0.2) is 52.6 Å². The molecule has 0 aliphatic rings. The Morgan fingerprint density at radius 1 is 1.25 bits per heavy atom. The van der Waals surface area contributed by atoms with Gasteiger partial charge in [0.25, 0.3) is 11.5 Å². The van der Waals surface area contributed by atoms with Crippen LogP contribution in [0.5, 0.6) is 5.75 Å². The third kappa shape index (κ3) is 3.34. The number of hydrogen-bond donors (Lipinski definition) is 2. The van der Waals surface area contributed by atoms with Crippen molar-refractivity contribution in [2.24, 2.45) is 0 Å². The smallest absolute Gasteiger partial charge is 0.261 e. The molecule has 0 aliphatic heterocycles. The lowest BCUT2D eigenvalue weighted by Gasteiger charge is -2.08. The van der Waals surface area contributed by atoms with Crippen LogP contribution < -0.4 is 15.6 Å². The summed E-state index contributed by atoms with van der Waals surface area (Å²) in [5.41, 5.74) is 0.742. The summed E-state index contributed by atoms with van der Waals surface area (Å²) in [5.74, 6) is 0.00280. The average molecular weight is 361 g/mol. The predicted molar refractivity (Wildman–Crippen MR) is 96.3 cm³/mol. The SMILES string of the molecule is COc1ccc(NC(=O)c2ccc(-c3cccs3)[nH]c2=O)cc1Cl. The van der Waals surface area contributed by atoms with Gasteiger partial charge < -0.3 is 15.0 Å². The second-order valence-corrected chi connectivity index (χ2v) is 6.25. The zero-order chi connectivity index (χ0) is 17.1. The lowest BCUT2D eigenvalue weighted by atomic mass is 10.2.